The zero-order valence-corrected chi connectivity index (χ0v) is 14.8. The Kier molecular flexibility index (Phi) is 4.79. The third kappa shape index (κ3) is 3.68. The van der Waals surface area contributed by atoms with Crippen molar-refractivity contribution in [2.24, 2.45) is 0 Å². The predicted octanol–water partition coefficient (Wildman–Crippen LogP) is 1.97. The van der Waals surface area contributed by atoms with Gasteiger partial charge in [0.2, 0.25) is 5.91 Å². The van der Waals surface area contributed by atoms with Gasteiger partial charge in [-0.05, 0) is 26.3 Å². The van der Waals surface area contributed by atoms with Crippen molar-refractivity contribution < 1.29 is 9.59 Å². The van der Waals surface area contributed by atoms with E-state index in [0.717, 1.165) is 11.3 Å². The molecule has 6 nitrogen and oxygen atoms in total. The van der Waals surface area contributed by atoms with Gasteiger partial charge in [0.25, 0.3) is 5.91 Å². The highest BCUT2D eigenvalue weighted by molar-refractivity contribution is 5.96. The number of carbonyl (C=O) groups excluding carboxylic acids is 2. The highest BCUT2D eigenvalue weighted by atomic mass is 16.2. The van der Waals surface area contributed by atoms with Crippen LogP contribution in [0.25, 0.3) is 0 Å². The van der Waals surface area contributed by atoms with Crippen molar-refractivity contribution in [3.05, 3.63) is 59.2 Å². The Morgan fingerprint density at radius 2 is 1.84 bits per heavy atom. The number of aryl methyl sites for hydroxylation is 2. The Bertz CT molecular complexity index is 771. The predicted molar refractivity (Wildman–Crippen MR) is 93.9 cm³/mol. The number of hydrogen-bond acceptors (Lipinski definition) is 4. The van der Waals surface area contributed by atoms with Gasteiger partial charge >= 0.3 is 0 Å². The van der Waals surface area contributed by atoms with Gasteiger partial charge in [-0.2, -0.15) is 0 Å². The molecule has 2 heterocycles. The average Bonchev–Trinajstić information content (AvgIpc) is 2.61. The van der Waals surface area contributed by atoms with Crippen LogP contribution in [0.4, 0.5) is 0 Å². The molecular weight excluding hydrogens is 316 g/mol. The summed E-state index contributed by atoms with van der Waals surface area (Å²) in [6.07, 6.45) is 3.03. The lowest BCUT2D eigenvalue weighted by Crippen LogP contribution is -2.57. The highest BCUT2D eigenvalue weighted by Gasteiger charge is 2.35. The fourth-order valence-electron chi connectivity index (χ4n) is 2.93. The van der Waals surface area contributed by atoms with E-state index in [9.17, 15) is 9.59 Å². The maximum absolute atomic E-state index is 12.7. The van der Waals surface area contributed by atoms with E-state index in [1.54, 1.807) is 22.9 Å². The van der Waals surface area contributed by atoms with Crippen molar-refractivity contribution in [2.75, 3.05) is 13.1 Å². The molecule has 1 unspecified atom stereocenters. The molecule has 1 aliphatic rings. The average molecular weight is 338 g/mol. The van der Waals surface area contributed by atoms with Gasteiger partial charge in [-0.1, -0.05) is 29.8 Å². The lowest BCUT2D eigenvalue weighted by molar-refractivity contribution is -0.140. The topological polar surface area (TPSA) is 66.4 Å². The first-order valence-corrected chi connectivity index (χ1v) is 8.39. The number of amides is 2. The molecule has 3 rings (SSSR count). The summed E-state index contributed by atoms with van der Waals surface area (Å²) in [5.41, 5.74) is 3.31. The number of aromatic nitrogens is 2. The van der Waals surface area contributed by atoms with Gasteiger partial charge in [0.1, 0.15) is 11.7 Å². The van der Waals surface area contributed by atoms with Gasteiger partial charge in [0, 0.05) is 25.8 Å². The maximum atomic E-state index is 12.7. The Hall–Kier alpha value is -2.76. The normalized spacial score (nSPS) is 17.7. The molecule has 1 saturated heterocycles. The molecule has 2 aromatic rings. The molecular formula is C19H22N4O2. The first-order chi connectivity index (χ1) is 12.0. The second-order valence-electron chi connectivity index (χ2n) is 6.46. The van der Waals surface area contributed by atoms with Crippen molar-refractivity contribution in [3.63, 3.8) is 0 Å². The second-order valence-corrected chi connectivity index (χ2v) is 6.46. The minimum absolute atomic E-state index is 0.0414. The minimum atomic E-state index is -0.505. The van der Waals surface area contributed by atoms with Crippen LogP contribution in [-0.4, -0.2) is 50.7 Å². The van der Waals surface area contributed by atoms with E-state index in [1.807, 2.05) is 38.1 Å². The fraction of sp³-hybridized carbons (Fsp3) is 0.368. The van der Waals surface area contributed by atoms with Crippen LogP contribution in [0.3, 0.4) is 0 Å². The Labute approximate surface area is 147 Å². The number of nitrogens with zero attached hydrogens (tertiary/aromatic N) is 4. The monoisotopic (exact) mass is 338 g/mol. The summed E-state index contributed by atoms with van der Waals surface area (Å²) in [7, 11) is 0. The van der Waals surface area contributed by atoms with Crippen LogP contribution >= 0.6 is 0 Å². The van der Waals surface area contributed by atoms with Crippen LogP contribution in [0.15, 0.2) is 36.7 Å². The number of piperazine rings is 1. The van der Waals surface area contributed by atoms with E-state index >= 15 is 0 Å². The smallest absolute Gasteiger partial charge is 0.274 e. The number of carbonyl (C=O) groups is 2. The van der Waals surface area contributed by atoms with Crippen molar-refractivity contribution in [1.82, 2.24) is 19.8 Å². The maximum Gasteiger partial charge on any atom is 0.274 e. The molecule has 1 aromatic carbocycles. The van der Waals surface area contributed by atoms with Crippen molar-refractivity contribution in [1.29, 1.82) is 0 Å². The molecule has 0 saturated carbocycles. The largest absolute Gasteiger partial charge is 0.335 e. The zero-order chi connectivity index (χ0) is 18.0. The molecule has 130 valence electrons. The lowest BCUT2D eigenvalue weighted by atomic mass is 10.1. The molecule has 1 fully saturated rings. The standard InChI is InChI=1S/C19H22N4O2/c1-13-4-6-16(7-5-13)12-22-8-9-23(15(3)18(22)24)19(25)17-11-20-14(2)10-21-17/h4-7,10-11,15H,8-9,12H2,1-3H3. The van der Waals surface area contributed by atoms with E-state index in [-0.39, 0.29) is 17.5 Å². The first kappa shape index (κ1) is 17.1. The lowest BCUT2D eigenvalue weighted by Gasteiger charge is -2.39. The third-order valence-electron chi connectivity index (χ3n) is 4.50. The molecule has 0 N–H and O–H groups in total. The Morgan fingerprint density at radius 3 is 2.48 bits per heavy atom. The van der Waals surface area contributed by atoms with Crippen molar-refractivity contribution in [3.8, 4) is 0 Å². The summed E-state index contributed by atoms with van der Waals surface area (Å²) in [6.45, 7) is 7.20. The summed E-state index contributed by atoms with van der Waals surface area (Å²) in [6, 6.07) is 7.65. The molecule has 1 atom stereocenters. The van der Waals surface area contributed by atoms with E-state index in [1.165, 1.54) is 11.8 Å². The first-order valence-electron chi connectivity index (χ1n) is 8.39. The van der Waals surface area contributed by atoms with E-state index in [0.29, 0.717) is 19.6 Å². The summed E-state index contributed by atoms with van der Waals surface area (Å²) in [5, 5.41) is 0. The van der Waals surface area contributed by atoms with Crippen molar-refractivity contribution >= 4 is 11.8 Å². The molecule has 25 heavy (non-hydrogen) atoms. The molecule has 0 spiro atoms. The van der Waals surface area contributed by atoms with Gasteiger partial charge < -0.3 is 9.80 Å². The van der Waals surface area contributed by atoms with Gasteiger partial charge in [0.05, 0.1) is 11.9 Å². The SMILES string of the molecule is Cc1ccc(CN2CCN(C(=O)c3cnc(C)cn3)C(C)C2=O)cc1. The van der Waals surface area contributed by atoms with Crippen LogP contribution < -0.4 is 0 Å². The van der Waals surface area contributed by atoms with Crippen LogP contribution in [0.5, 0.6) is 0 Å². The quantitative estimate of drug-likeness (QED) is 0.858. The van der Waals surface area contributed by atoms with Gasteiger partial charge in [0.15, 0.2) is 0 Å². The van der Waals surface area contributed by atoms with Crippen LogP contribution in [0, 0.1) is 13.8 Å². The number of hydrogen-bond donors (Lipinski definition) is 0. The second kappa shape index (κ2) is 7.01. The summed E-state index contributed by atoms with van der Waals surface area (Å²) < 4.78 is 0. The van der Waals surface area contributed by atoms with Crippen LogP contribution in [0.1, 0.15) is 34.2 Å². The summed E-state index contributed by atoms with van der Waals surface area (Å²) >= 11 is 0. The summed E-state index contributed by atoms with van der Waals surface area (Å²) in [5.74, 6) is -0.288. The molecule has 6 heteroatoms. The van der Waals surface area contributed by atoms with Gasteiger partial charge in [-0.3, -0.25) is 14.6 Å². The van der Waals surface area contributed by atoms with Gasteiger partial charge in [-0.25, -0.2) is 4.98 Å². The molecule has 1 aliphatic heterocycles. The van der Waals surface area contributed by atoms with Crippen molar-refractivity contribution in [2.45, 2.75) is 33.4 Å². The van der Waals surface area contributed by atoms with E-state index < -0.39 is 6.04 Å². The number of rotatable bonds is 3. The van der Waals surface area contributed by atoms with Crippen LogP contribution in [0.2, 0.25) is 0 Å². The molecule has 0 aliphatic carbocycles. The fourth-order valence-corrected chi connectivity index (χ4v) is 2.93. The minimum Gasteiger partial charge on any atom is -0.335 e. The molecule has 0 radical (unpaired) electrons. The Balaban J connectivity index is 1.69. The highest BCUT2D eigenvalue weighted by Crippen LogP contribution is 2.17. The molecule has 0 bridgehead atoms. The Morgan fingerprint density at radius 1 is 1.12 bits per heavy atom. The van der Waals surface area contributed by atoms with E-state index in [4.69, 9.17) is 0 Å². The van der Waals surface area contributed by atoms with Crippen LogP contribution in [-0.2, 0) is 11.3 Å². The summed E-state index contributed by atoms with van der Waals surface area (Å²) in [4.78, 5) is 36.9. The number of benzene rings is 1. The van der Waals surface area contributed by atoms with Gasteiger partial charge in [-0.15, -0.1) is 0 Å². The molecule has 1 aromatic heterocycles. The zero-order valence-electron chi connectivity index (χ0n) is 14.8. The third-order valence-corrected chi connectivity index (χ3v) is 4.50. The molecule has 2 amide bonds. The van der Waals surface area contributed by atoms with E-state index in [2.05, 4.69) is 9.97 Å².